The highest BCUT2D eigenvalue weighted by atomic mass is 16.5. The topological polar surface area (TPSA) is 18.5 Å². The Balaban J connectivity index is 2.00. The molecule has 0 aliphatic carbocycles. The molecule has 2 aliphatic rings. The molecule has 0 radical (unpaired) electrons. The smallest absolute Gasteiger partial charge is 0.121 e. The third-order valence-electron chi connectivity index (χ3n) is 2.64. The van der Waals surface area contributed by atoms with E-state index in [-0.39, 0.29) is 11.5 Å². The molecule has 0 aromatic rings. The van der Waals surface area contributed by atoms with E-state index in [1.54, 1.807) is 0 Å². The fourth-order valence-corrected chi connectivity index (χ4v) is 1.89. The van der Waals surface area contributed by atoms with Gasteiger partial charge in [0.15, 0.2) is 0 Å². The minimum atomic E-state index is 0.205. The number of ether oxygens (including phenoxy) is 2. The Kier molecular flexibility index (Phi) is 2.33. The average Bonchev–Trinajstić information content (AvgIpc) is 2.48. The Hall–Kier alpha value is -0.500. The van der Waals surface area contributed by atoms with E-state index in [9.17, 15) is 0 Å². The summed E-state index contributed by atoms with van der Waals surface area (Å²) in [5.41, 5.74) is 0.205. The molecule has 0 bridgehead atoms. The van der Waals surface area contributed by atoms with E-state index in [2.05, 4.69) is 19.9 Å². The molecule has 1 saturated heterocycles. The third-order valence-corrected chi connectivity index (χ3v) is 2.64. The van der Waals surface area contributed by atoms with Gasteiger partial charge in [0.1, 0.15) is 11.9 Å². The van der Waals surface area contributed by atoms with Crippen LogP contribution in [0.5, 0.6) is 0 Å². The Morgan fingerprint density at radius 2 is 2.23 bits per heavy atom. The van der Waals surface area contributed by atoms with Crippen molar-refractivity contribution < 1.29 is 9.47 Å². The highest BCUT2D eigenvalue weighted by molar-refractivity contribution is 5.12. The van der Waals surface area contributed by atoms with Crippen LogP contribution in [0.4, 0.5) is 0 Å². The molecule has 0 N–H and O–H groups in total. The lowest BCUT2D eigenvalue weighted by atomic mass is 9.95. The molecule has 1 fully saturated rings. The quantitative estimate of drug-likeness (QED) is 0.620. The van der Waals surface area contributed by atoms with Crippen LogP contribution >= 0.6 is 0 Å². The third kappa shape index (κ3) is 2.05. The van der Waals surface area contributed by atoms with E-state index in [1.807, 2.05) is 0 Å². The summed E-state index contributed by atoms with van der Waals surface area (Å²) in [4.78, 5) is 0. The zero-order valence-electron chi connectivity index (χ0n) is 8.51. The maximum Gasteiger partial charge on any atom is 0.121 e. The van der Waals surface area contributed by atoms with Crippen LogP contribution in [-0.2, 0) is 9.47 Å². The van der Waals surface area contributed by atoms with Gasteiger partial charge in [-0.3, -0.25) is 0 Å². The van der Waals surface area contributed by atoms with Crippen LogP contribution < -0.4 is 0 Å². The van der Waals surface area contributed by atoms with Gasteiger partial charge in [-0.2, -0.15) is 0 Å². The first-order valence-electron chi connectivity index (χ1n) is 5.15. The van der Waals surface area contributed by atoms with Crippen LogP contribution in [0.15, 0.2) is 11.8 Å². The summed E-state index contributed by atoms with van der Waals surface area (Å²) in [5.74, 6) is 1.07. The first-order chi connectivity index (χ1) is 6.17. The number of hydrogen-bond acceptors (Lipinski definition) is 2. The monoisotopic (exact) mass is 182 g/mol. The molecule has 1 atom stereocenters. The van der Waals surface area contributed by atoms with Gasteiger partial charge in [-0.1, -0.05) is 13.8 Å². The maximum atomic E-state index is 5.66. The minimum absolute atomic E-state index is 0.205. The zero-order valence-corrected chi connectivity index (χ0v) is 8.51. The largest absolute Gasteiger partial charge is 0.495 e. The Labute approximate surface area is 79.9 Å². The standard InChI is InChI=1S/C11H18O2/c1-11(2)7-10(13-8-11)9-5-3-4-6-12-9/h7,9H,3-6,8H2,1-2H3. The van der Waals surface area contributed by atoms with Crippen LogP contribution in [0.1, 0.15) is 33.1 Å². The van der Waals surface area contributed by atoms with Crippen molar-refractivity contribution in [2.75, 3.05) is 13.2 Å². The Morgan fingerprint density at radius 1 is 1.38 bits per heavy atom. The van der Waals surface area contributed by atoms with Gasteiger partial charge in [0.25, 0.3) is 0 Å². The summed E-state index contributed by atoms with van der Waals surface area (Å²) < 4.78 is 11.3. The van der Waals surface area contributed by atoms with Crippen molar-refractivity contribution in [1.29, 1.82) is 0 Å². The first-order valence-corrected chi connectivity index (χ1v) is 5.15. The van der Waals surface area contributed by atoms with E-state index < -0.39 is 0 Å². The second kappa shape index (κ2) is 3.33. The van der Waals surface area contributed by atoms with Crippen molar-refractivity contribution in [1.82, 2.24) is 0 Å². The van der Waals surface area contributed by atoms with Crippen molar-refractivity contribution in [2.45, 2.75) is 39.2 Å². The molecule has 0 spiro atoms. The molecule has 0 amide bonds. The molecule has 2 heterocycles. The summed E-state index contributed by atoms with van der Waals surface area (Å²) >= 11 is 0. The molecular weight excluding hydrogens is 164 g/mol. The molecule has 0 aromatic heterocycles. The van der Waals surface area contributed by atoms with E-state index in [0.29, 0.717) is 0 Å². The average molecular weight is 182 g/mol. The molecule has 74 valence electrons. The van der Waals surface area contributed by atoms with Crippen molar-refractivity contribution in [3.63, 3.8) is 0 Å². The van der Waals surface area contributed by atoms with Gasteiger partial charge in [0.2, 0.25) is 0 Å². The fraction of sp³-hybridized carbons (Fsp3) is 0.818. The van der Waals surface area contributed by atoms with Crippen LogP contribution in [0.3, 0.4) is 0 Å². The predicted octanol–water partition coefficient (Wildman–Crippen LogP) is 2.50. The molecule has 2 rings (SSSR count). The number of hydrogen-bond donors (Lipinski definition) is 0. The van der Waals surface area contributed by atoms with E-state index in [0.717, 1.165) is 25.4 Å². The lowest BCUT2D eigenvalue weighted by Crippen LogP contribution is -2.21. The van der Waals surface area contributed by atoms with Crippen LogP contribution in [0.2, 0.25) is 0 Å². The van der Waals surface area contributed by atoms with Crippen LogP contribution in [0.25, 0.3) is 0 Å². The van der Waals surface area contributed by atoms with Gasteiger partial charge < -0.3 is 9.47 Å². The SMILES string of the molecule is CC1(C)C=C(C2CCCCO2)OC1. The van der Waals surface area contributed by atoms with Crippen molar-refractivity contribution in [3.8, 4) is 0 Å². The molecular formula is C11H18O2. The van der Waals surface area contributed by atoms with Gasteiger partial charge in [-0.15, -0.1) is 0 Å². The minimum Gasteiger partial charge on any atom is -0.495 e. The summed E-state index contributed by atoms with van der Waals surface area (Å²) in [6, 6.07) is 0. The van der Waals surface area contributed by atoms with Gasteiger partial charge >= 0.3 is 0 Å². The highest BCUT2D eigenvalue weighted by Gasteiger charge is 2.30. The lowest BCUT2D eigenvalue weighted by Gasteiger charge is -2.22. The number of rotatable bonds is 1. The molecule has 0 saturated carbocycles. The van der Waals surface area contributed by atoms with Crippen molar-refractivity contribution >= 4 is 0 Å². The second-order valence-electron chi connectivity index (χ2n) is 4.68. The van der Waals surface area contributed by atoms with Gasteiger partial charge in [0.05, 0.1) is 6.61 Å². The normalized spacial score (nSPS) is 32.5. The van der Waals surface area contributed by atoms with E-state index in [4.69, 9.17) is 9.47 Å². The summed E-state index contributed by atoms with van der Waals surface area (Å²) in [6.07, 6.45) is 6.07. The Bertz CT molecular complexity index is 212. The zero-order chi connectivity index (χ0) is 9.31. The van der Waals surface area contributed by atoms with Crippen LogP contribution in [0, 0.1) is 5.41 Å². The van der Waals surface area contributed by atoms with Crippen molar-refractivity contribution in [3.05, 3.63) is 11.8 Å². The maximum absolute atomic E-state index is 5.66. The van der Waals surface area contributed by atoms with E-state index >= 15 is 0 Å². The highest BCUT2D eigenvalue weighted by Crippen LogP contribution is 2.32. The van der Waals surface area contributed by atoms with Crippen molar-refractivity contribution in [2.24, 2.45) is 5.41 Å². The summed E-state index contributed by atoms with van der Waals surface area (Å²) in [5, 5.41) is 0. The van der Waals surface area contributed by atoms with Crippen LogP contribution in [-0.4, -0.2) is 19.3 Å². The lowest BCUT2D eigenvalue weighted by molar-refractivity contribution is 0.00275. The first kappa shape index (κ1) is 9.07. The summed E-state index contributed by atoms with van der Waals surface area (Å²) in [7, 11) is 0. The summed E-state index contributed by atoms with van der Waals surface area (Å²) in [6.45, 7) is 6.10. The Morgan fingerprint density at radius 3 is 2.77 bits per heavy atom. The molecule has 0 aromatic carbocycles. The fourth-order valence-electron chi connectivity index (χ4n) is 1.89. The van der Waals surface area contributed by atoms with Gasteiger partial charge in [-0.05, 0) is 25.3 Å². The van der Waals surface area contributed by atoms with E-state index in [1.165, 1.54) is 12.8 Å². The predicted molar refractivity (Wildman–Crippen MR) is 51.4 cm³/mol. The molecule has 2 nitrogen and oxygen atoms in total. The van der Waals surface area contributed by atoms with Gasteiger partial charge in [0, 0.05) is 12.0 Å². The second-order valence-corrected chi connectivity index (χ2v) is 4.68. The molecule has 2 aliphatic heterocycles. The molecule has 13 heavy (non-hydrogen) atoms. The molecule has 2 heteroatoms. The van der Waals surface area contributed by atoms with Gasteiger partial charge in [-0.25, -0.2) is 0 Å². The molecule has 1 unspecified atom stereocenters.